The Balaban J connectivity index is 2.02. The first-order valence-electron chi connectivity index (χ1n) is 5.94. The minimum atomic E-state index is -0.417. The summed E-state index contributed by atoms with van der Waals surface area (Å²) in [5.74, 6) is -0.0433. The van der Waals surface area contributed by atoms with Crippen molar-refractivity contribution in [2.24, 2.45) is 0 Å². The Bertz CT molecular complexity index is 657. The molecule has 1 aromatic carbocycles. The van der Waals surface area contributed by atoms with Crippen LogP contribution < -0.4 is 16.6 Å². The maximum absolute atomic E-state index is 12.0. The number of benzene rings is 1. The second-order valence-corrected chi connectivity index (χ2v) is 5.42. The molecule has 104 valence electrons. The van der Waals surface area contributed by atoms with E-state index in [1.165, 1.54) is 6.07 Å². The molecule has 0 spiro atoms. The molecule has 20 heavy (non-hydrogen) atoms. The van der Waals surface area contributed by atoms with Gasteiger partial charge in [-0.3, -0.25) is 9.59 Å². The summed E-state index contributed by atoms with van der Waals surface area (Å²) in [6, 6.07) is 10.3. The largest absolute Gasteiger partial charge is 0.383 e. The zero-order chi connectivity index (χ0) is 14.5. The molecule has 2 rings (SSSR count). The fourth-order valence-electron chi connectivity index (χ4n) is 1.50. The van der Waals surface area contributed by atoms with Gasteiger partial charge in [-0.2, -0.15) is 0 Å². The first kappa shape index (κ1) is 14.1. The molecule has 0 saturated heterocycles. The van der Waals surface area contributed by atoms with Gasteiger partial charge in [0.05, 0.1) is 5.25 Å². The van der Waals surface area contributed by atoms with Crippen LogP contribution in [0.25, 0.3) is 0 Å². The summed E-state index contributed by atoms with van der Waals surface area (Å²) < 4.78 is 0. The van der Waals surface area contributed by atoms with Gasteiger partial charge in [0.15, 0.2) is 5.16 Å². The molecule has 1 aromatic heterocycles. The highest BCUT2D eigenvalue weighted by molar-refractivity contribution is 8.00. The van der Waals surface area contributed by atoms with E-state index in [1.54, 1.807) is 19.1 Å². The van der Waals surface area contributed by atoms with E-state index in [9.17, 15) is 9.59 Å². The number of nitrogen functional groups attached to an aromatic ring is 1. The fraction of sp³-hybridized carbons (Fsp3) is 0.154. The number of nitrogens with one attached hydrogen (secondary N) is 2. The predicted molar refractivity (Wildman–Crippen MR) is 79.7 cm³/mol. The highest BCUT2D eigenvalue weighted by Crippen LogP contribution is 2.20. The molecule has 0 bridgehead atoms. The van der Waals surface area contributed by atoms with E-state index in [-0.39, 0.29) is 17.3 Å². The Morgan fingerprint density at radius 3 is 2.75 bits per heavy atom. The Kier molecular flexibility index (Phi) is 4.41. The van der Waals surface area contributed by atoms with E-state index in [4.69, 9.17) is 5.73 Å². The summed E-state index contributed by atoms with van der Waals surface area (Å²) in [5.41, 5.74) is 5.87. The third-order valence-corrected chi connectivity index (χ3v) is 3.42. The van der Waals surface area contributed by atoms with Crippen molar-refractivity contribution in [3.05, 3.63) is 46.8 Å². The van der Waals surface area contributed by atoms with Crippen LogP contribution in [0.4, 0.5) is 11.5 Å². The first-order valence-corrected chi connectivity index (χ1v) is 6.82. The van der Waals surface area contributed by atoms with Crippen molar-refractivity contribution in [1.29, 1.82) is 0 Å². The van der Waals surface area contributed by atoms with Crippen LogP contribution in [0.1, 0.15) is 6.92 Å². The van der Waals surface area contributed by atoms with Gasteiger partial charge in [-0.25, -0.2) is 4.98 Å². The minimum absolute atomic E-state index is 0.131. The Labute approximate surface area is 119 Å². The van der Waals surface area contributed by atoms with Crippen molar-refractivity contribution in [1.82, 2.24) is 9.97 Å². The number of H-pyrrole nitrogens is 1. The van der Waals surface area contributed by atoms with Crippen molar-refractivity contribution in [3.8, 4) is 0 Å². The van der Waals surface area contributed by atoms with Crippen molar-refractivity contribution in [3.63, 3.8) is 0 Å². The molecule has 0 aliphatic rings. The molecule has 0 radical (unpaired) electrons. The van der Waals surface area contributed by atoms with Crippen molar-refractivity contribution in [2.45, 2.75) is 17.3 Å². The minimum Gasteiger partial charge on any atom is -0.383 e. The number of carbonyl (C=O) groups excluding carboxylic acids is 1. The van der Waals surface area contributed by atoms with Crippen LogP contribution in [0.2, 0.25) is 0 Å². The SMILES string of the molecule is C[C@@H](Sc1nc(N)cc(=O)[nH]1)C(=O)Nc1ccccc1. The molecule has 0 saturated carbocycles. The molecule has 1 heterocycles. The average Bonchev–Trinajstić information content (AvgIpc) is 2.38. The molecule has 4 N–H and O–H groups in total. The second-order valence-electron chi connectivity index (χ2n) is 4.09. The standard InChI is InChI=1S/C13H14N4O2S/c1-8(12(19)15-9-5-3-2-4-6-9)20-13-16-10(14)7-11(18)17-13/h2-8H,1H3,(H,15,19)(H3,14,16,17,18)/t8-/m1/s1. The molecule has 0 aliphatic carbocycles. The molecule has 0 fully saturated rings. The summed E-state index contributed by atoms with van der Waals surface area (Å²) in [6.45, 7) is 1.73. The number of rotatable bonds is 4. The molecule has 6 nitrogen and oxygen atoms in total. The van der Waals surface area contributed by atoms with Crippen molar-refractivity contribution >= 4 is 29.2 Å². The normalized spacial score (nSPS) is 11.8. The van der Waals surface area contributed by atoms with Gasteiger partial charge in [0.2, 0.25) is 5.91 Å². The quantitative estimate of drug-likeness (QED) is 0.585. The smallest absolute Gasteiger partial charge is 0.253 e. The third-order valence-electron chi connectivity index (χ3n) is 2.44. The maximum atomic E-state index is 12.0. The number of amides is 1. The Morgan fingerprint density at radius 1 is 1.40 bits per heavy atom. The van der Waals surface area contributed by atoms with Gasteiger partial charge in [-0.15, -0.1) is 0 Å². The monoisotopic (exact) mass is 290 g/mol. The number of thioether (sulfide) groups is 1. The van der Waals surface area contributed by atoms with E-state index in [0.29, 0.717) is 5.16 Å². The summed E-state index contributed by atoms with van der Waals surface area (Å²) in [5, 5.41) is 2.69. The van der Waals surface area contributed by atoms with Crippen molar-refractivity contribution in [2.75, 3.05) is 11.1 Å². The van der Waals surface area contributed by atoms with Gasteiger partial charge in [-0.05, 0) is 19.1 Å². The van der Waals surface area contributed by atoms with Crippen LogP contribution in [0.5, 0.6) is 0 Å². The number of hydrogen-bond donors (Lipinski definition) is 3. The number of aromatic nitrogens is 2. The Morgan fingerprint density at radius 2 is 2.10 bits per heavy atom. The zero-order valence-corrected chi connectivity index (χ0v) is 11.6. The van der Waals surface area contributed by atoms with Crippen LogP contribution in [0.3, 0.4) is 0 Å². The van der Waals surface area contributed by atoms with E-state index in [0.717, 1.165) is 17.4 Å². The van der Waals surface area contributed by atoms with Crippen molar-refractivity contribution < 1.29 is 4.79 Å². The van der Waals surface area contributed by atoms with E-state index in [1.807, 2.05) is 18.2 Å². The molecule has 1 amide bonds. The number of nitrogens with zero attached hydrogens (tertiary/aromatic N) is 1. The van der Waals surface area contributed by atoms with Crippen LogP contribution in [-0.2, 0) is 4.79 Å². The Hall–Kier alpha value is -2.28. The number of carbonyl (C=O) groups is 1. The second kappa shape index (κ2) is 6.25. The van der Waals surface area contributed by atoms with Gasteiger partial charge in [0.25, 0.3) is 5.56 Å². The molecular weight excluding hydrogens is 276 g/mol. The first-order chi connectivity index (χ1) is 9.54. The number of hydrogen-bond acceptors (Lipinski definition) is 5. The fourth-order valence-corrected chi connectivity index (χ4v) is 2.31. The lowest BCUT2D eigenvalue weighted by molar-refractivity contribution is -0.115. The number of para-hydroxylation sites is 1. The summed E-state index contributed by atoms with van der Waals surface area (Å²) in [4.78, 5) is 29.8. The number of aromatic amines is 1. The topological polar surface area (TPSA) is 101 Å². The summed E-state index contributed by atoms with van der Waals surface area (Å²) >= 11 is 1.14. The average molecular weight is 290 g/mol. The summed E-state index contributed by atoms with van der Waals surface area (Å²) in [7, 11) is 0. The van der Waals surface area contributed by atoms with E-state index >= 15 is 0 Å². The lowest BCUT2D eigenvalue weighted by Crippen LogP contribution is -2.23. The van der Waals surface area contributed by atoms with E-state index < -0.39 is 5.25 Å². The third kappa shape index (κ3) is 3.86. The number of nitrogens with two attached hydrogens (primary N) is 1. The van der Waals surface area contributed by atoms with Crippen LogP contribution in [0, 0.1) is 0 Å². The molecule has 0 aliphatic heterocycles. The van der Waals surface area contributed by atoms with Gasteiger partial charge in [-0.1, -0.05) is 30.0 Å². The highest BCUT2D eigenvalue weighted by atomic mass is 32.2. The van der Waals surface area contributed by atoms with Gasteiger partial charge >= 0.3 is 0 Å². The molecular formula is C13H14N4O2S. The van der Waals surface area contributed by atoms with Gasteiger partial charge in [0.1, 0.15) is 5.82 Å². The highest BCUT2D eigenvalue weighted by Gasteiger charge is 2.16. The molecule has 7 heteroatoms. The molecule has 1 atom stereocenters. The van der Waals surface area contributed by atoms with E-state index in [2.05, 4.69) is 15.3 Å². The summed E-state index contributed by atoms with van der Waals surface area (Å²) in [6.07, 6.45) is 0. The predicted octanol–water partition coefficient (Wildman–Crippen LogP) is 1.47. The van der Waals surface area contributed by atoms with Gasteiger partial charge < -0.3 is 16.0 Å². The van der Waals surface area contributed by atoms with Crippen LogP contribution in [0.15, 0.2) is 46.3 Å². The van der Waals surface area contributed by atoms with Crippen LogP contribution >= 0.6 is 11.8 Å². The maximum Gasteiger partial charge on any atom is 0.253 e. The lowest BCUT2D eigenvalue weighted by Gasteiger charge is -2.11. The van der Waals surface area contributed by atoms with Gasteiger partial charge in [0, 0.05) is 11.8 Å². The zero-order valence-electron chi connectivity index (χ0n) is 10.8. The molecule has 2 aromatic rings. The number of anilines is 2. The van der Waals surface area contributed by atoms with Crippen LogP contribution in [-0.4, -0.2) is 21.1 Å². The lowest BCUT2D eigenvalue weighted by atomic mass is 10.3. The molecule has 0 unspecified atom stereocenters.